The monoisotopic (exact) mass is 302 g/mol. The van der Waals surface area contributed by atoms with Crippen LogP contribution >= 0.6 is 11.8 Å². The normalized spacial score (nSPS) is 13.4. The first kappa shape index (κ1) is 14.9. The van der Waals surface area contributed by atoms with Gasteiger partial charge in [0.1, 0.15) is 6.26 Å². The molecule has 0 aliphatic heterocycles. The van der Waals surface area contributed by atoms with Crippen LogP contribution in [0.2, 0.25) is 0 Å². The molecule has 3 nitrogen and oxygen atoms in total. The number of alkyl halides is 3. The van der Waals surface area contributed by atoms with Gasteiger partial charge in [0.25, 0.3) is 5.22 Å². The van der Waals surface area contributed by atoms with Crippen molar-refractivity contribution in [2.24, 2.45) is 5.73 Å². The van der Waals surface area contributed by atoms with Crippen molar-refractivity contribution in [2.75, 3.05) is 5.75 Å². The molecule has 2 N–H and O–H groups in total. The number of aromatic nitrogens is 1. The van der Waals surface area contributed by atoms with Gasteiger partial charge >= 0.3 is 6.18 Å². The SMILES string of the molecule is Cc1coc(SCC(N)c2ccc(C(F)(F)F)cc2)n1. The van der Waals surface area contributed by atoms with Crippen LogP contribution in [-0.4, -0.2) is 10.7 Å². The topological polar surface area (TPSA) is 52.0 Å². The summed E-state index contributed by atoms with van der Waals surface area (Å²) in [5.41, 5.74) is 6.68. The lowest BCUT2D eigenvalue weighted by atomic mass is 10.1. The number of oxazole rings is 1. The van der Waals surface area contributed by atoms with Gasteiger partial charge < -0.3 is 10.2 Å². The highest BCUT2D eigenvalue weighted by Crippen LogP contribution is 2.30. The molecule has 108 valence electrons. The van der Waals surface area contributed by atoms with Crippen molar-refractivity contribution >= 4 is 11.8 Å². The molecule has 1 atom stereocenters. The highest BCUT2D eigenvalue weighted by atomic mass is 32.2. The maximum atomic E-state index is 12.4. The lowest BCUT2D eigenvalue weighted by molar-refractivity contribution is -0.137. The van der Waals surface area contributed by atoms with Crippen LogP contribution in [0.3, 0.4) is 0 Å². The molecule has 0 aliphatic rings. The van der Waals surface area contributed by atoms with Gasteiger partial charge in [-0.1, -0.05) is 23.9 Å². The molecule has 0 aliphatic carbocycles. The molecule has 0 saturated carbocycles. The average Bonchev–Trinajstić information content (AvgIpc) is 2.81. The number of thioether (sulfide) groups is 1. The standard InChI is InChI=1S/C13H13F3N2OS/c1-8-6-19-12(18-8)20-7-11(17)9-2-4-10(5-3-9)13(14,15)16/h2-6,11H,7,17H2,1H3. The van der Waals surface area contributed by atoms with Crippen molar-refractivity contribution in [3.8, 4) is 0 Å². The zero-order valence-electron chi connectivity index (χ0n) is 10.6. The van der Waals surface area contributed by atoms with Crippen LogP contribution in [0, 0.1) is 6.92 Å². The smallest absolute Gasteiger partial charge is 0.416 e. The molecule has 2 aromatic rings. The summed E-state index contributed by atoms with van der Waals surface area (Å²) in [6.45, 7) is 1.81. The lowest BCUT2D eigenvalue weighted by Gasteiger charge is -2.12. The van der Waals surface area contributed by atoms with E-state index in [1.54, 1.807) is 0 Å². The first-order valence-electron chi connectivity index (χ1n) is 5.84. The molecule has 1 unspecified atom stereocenters. The molecule has 7 heteroatoms. The van der Waals surface area contributed by atoms with E-state index in [0.29, 0.717) is 16.5 Å². The van der Waals surface area contributed by atoms with E-state index in [0.717, 1.165) is 17.8 Å². The van der Waals surface area contributed by atoms with Crippen LogP contribution < -0.4 is 5.73 Å². The summed E-state index contributed by atoms with van der Waals surface area (Å²) in [5.74, 6) is 0.477. The van der Waals surface area contributed by atoms with Crippen LogP contribution in [-0.2, 0) is 6.18 Å². The fraction of sp³-hybridized carbons (Fsp3) is 0.308. The van der Waals surface area contributed by atoms with Crippen molar-refractivity contribution < 1.29 is 17.6 Å². The number of rotatable bonds is 4. The van der Waals surface area contributed by atoms with Crippen molar-refractivity contribution in [1.29, 1.82) is 0 Å². The molecule has 1 aromatic heterocycles. The third-order valence-electron chi connectivity index (χ3n) is 2.65. The van der Waals surface area contributed by atoms with Crippen molar-refractivity contribution in [3.05, 3.63) is 47.3 Å². The van der Waals surface area contributed by atoms with E-state index in [-0.39, 0.29) is 6.04 Å². The Morgan fingerprint density at radius 3 is 2.45 bits per heavy atom. The highest BCUT2D eigenvalue weighted by Gasteiger charge is 2.30. The van der Waals surface area contributed by atoms with E-state index in [2.05, 4.69) is 4.98 Å². The van der Waals surface area contributed by atoms with Crippen LogP contribution in [0.25, 0.3) is 0 Å². The predicted molar refractivity (Wildman–Crippen MR) is 70.3 cm³/mol. The van der Waals surface area contributed by atoms with E-state index in [1.165, 1.54) is 30.2 Å². The molecule has 0 bridgehead atoms. The van der Waals surface area contributed by atoms with Crippen LogP contribution in [0.5, 0.6) is 0 Å². The molecule has 0 amide bonds. The summed E-state index contributed by atoms with van der Waals surface area (Å²) >= 11 is 1.33. The number of aryl methyl sites for hydroxylation is 1. The van der Waals surface area contributed by atoms with Crippen molar-refractivity contribution in [2.45, 2.75) is 24.4 Å². The number of nitrogens with two attached hydrogens (primary N) is 1. The zero-order chi connectivity index (χ0) is 14.8. The predicted octanol–water partition coefficient (Wildman–Crippen LogP) is 3.79. The number of nitrogens with zero attached hydrogens (tertiary/aromatic N) is 1. The molecular weight excluding hydrogens is 289 g/mol. The highest BCUT2D eigenvalue weighted by molar-refractivity contribution is 7.99. The molecular formula is C13H13F3N2OS. The van der Waals surface area contributed by atoms with E-state index in [4.69, 9.17) is 10.2 Å². The molecule has 0 spiro atoms. The Morgan fingerprint density at radius 2 is 1.95 bits per heavy atom. The molecule has 2 rings (SSSR count). The Kier molecular flexibility index (Phi) is 4.39. The van der Waals surface area contributed by atoms with Gasteiger partial charge in [-0.25, -0.2) is 4.98 Å². The summed E-state index contributed by atoms with van der Waals surface area (Å²) < 4.78 is 42.5. The van der Waals surface area contributed by atoms with Crippen LogP contribution in [0.4, 0.5) is 13.2 Å². The Morgan fingerprint density at radius 1 is 1.30 bits per heavy atom. The summed E-state index contributed by atoms with van der Waals surface area (Å²) in [6.07, 6.45) is -2.79. The summed E-state index contributed by atoms with van der Waals surface area (Å²) in [4.78, 5) is 4.11. The third kappa shape index (κ3) is 3.77. The van der Waals surface area contributed by atoms with Gasteiger partial charge in [0.15, 0.2) is 0 Å². The first-order chi connectivity index (χ1) is 9.36. The zero-order valence-corrected chi connectivity index (χ0v) is 11.5. The number of halogens is 3. The second-order valence-electron chi connectivity index (χ2n) is 4.29. The molecule has 0 saturated heterocycles. The molecule has 0 fully saturated rings. The quantitative estimate of drug-likeness (QED) is 0.873. The molecule has 20 heavy (non-hydrogen) atoms. The van der Waals surface area contributed by atoms with E-state index in [9.17, 15) is 13.2 Å². The number of benzene rings is 1. The average molecular weight is 302 g/mol. The Hall–Kier alpha value is -1.47. The van der Waals surface area contributed by atoms with Gasteiger partial charge in [-0.3, -0.25) is 0 Å². The Bertz CT molecular complexity index is 566. The summed E-state index contributed by atoms with van der Waals surface area (Å²) in [6, 6.07) is 4.49. The largest absolute Gasteiger partial charge is 0.440 e. The van der Waals surface area contributed by atoms with Crippen molar-refractivity contribution in [1.82, 2.24) is 4.98 Å². The van der Waals surface area contributed by atoms with Crippen LogP contribution in [0.15, 0.2) is 40.2 Å². The maximum absolute atomic E-state index is 12.4. The molecule has 0 radical (unpaired) electrons. The van der Waals surface area contributed by atoms with Gasteiger partial charge in [0, 0.05) is 11.8 Å². The maximum Gasteiger partial charge on any atom is 0.416 e. The van der Waals surface area contributed by atoms with Gasteiger partial charge in [-0.15, -0.1) is 0 Å². The Labute approximate surface area is 118 Å². The minimum absolute atomic E-state index is 0.380. The fourth-order valence-electron chi connectivity index (χ4n) is 1.58. The first-order valence-corrected chi connectivity index (χ1v) is 6.82. The summed E-state index contributed by atoms with van der Waals surface area (Å²) in [5, 5.41) is 0.505. The number of hydrogen-bond donors (Lipinski definition) is 1. The lowest BCUT2D eigenvalue weighted by Crippen LogP contribution is -2.13. The van der Waals surface area contributed by atoms with Gasteiger partial charge in [-0.05, 0) is 24.6 Å². The Balaban J connectivity index is 1.97. The number of hydrogen-bond acceptors (Lipinski definition) is 4. The summed E-state index contributed by atoms with van der Waals surface area (Å²) in [7, 11) is 0. The van der Waals surface area contributed by atoms with Crippen molar-refractivity contribution in [3.63, 3.8) is 0 Å². The van der Waals surface area contributed by atoms with E-state index >= 15 is 0 Å². The fourth-order valence-corrected chi connectivity index (χ4v) is 2.41. The minimum atomic E-state index is -4.33. The van der Waals surface area contributed by atoms with Gasteiger partial charge in [0.2, 0.25) is 0 Å². The molecule has 1 heterocycles. The second-order valence-corrected chi connectivity index (χ2v) is 5.26. The van der Waals surface area contributed by atoms with E-state index in [1.807, 2.05) is 6.92 Å². The second kappa shape index (κ2) is 5.88. The van der Waals surface area contributed by atoms with E-state index < -0.39 is 11.7 Å². The third-order valence-corrected chi connectivity index (χ3v) is 3.61. The van der Waals surface area contributed by atoms with Crippen LogP contribution in [0.1, 0.15) is 22.9 Å². The van der Waals surface area contributed by atoms with Gasteiger partial charge in [0.05, 0.1) is 11.3 Å². The molecule has 1 aromatic carbocycles. The minimum Gasteiger partial charge on any atom is -0.440 e. The van der Waals surface area contributed by atoms with Gasteiger partial charge in [-0.2, -0.15) is 13.2 Å².